The van der Waals surface area contributed by atoms with E-state index in [9.17, 15) is 9.59 Å². The van der Waals surface area contributed by atoms with Crippen molar-refractivity contribution in [1.29, 1.82) is 0 Å². The third-order valence-electron chi connectivity index (χ3n) is 1.67. The van der Waals surface area contributed by atoms with Gasteiger partial charge in [0.1, 0.15) is 12.2 Å². The van der Waals surface area contributed by atoms with Gasteiger partial charge in [0.05, 0.1) is 0 Å². The van der Waals surface area contributed by atoms with E-state index in [2.05, 4.69) is 20.9 Å². The second-order valence-electron chi connectivity index (χ2n) is 2.92. The zero-order chi connectivity index (χ0) is 11.4. The van der Waals surface area contributed by atoms with Crippen LogP contribution < -0.4 is 0 Å². The maximum absolute atomic E-state index is 11.6. The molecule has 0 aromatic carbocycles. The first-order chi connectivity index (χ1) is 7.00. The number of halogens is 1. The van der Waals surface area contributed by atoms with E-state index in [0.29, 0.717) is 0 Å². The molecule has 5 nitrogen and oxygen atoms in total. The van der Waals surface area contributed by atoms with Crippen LogP contribution in [-0.4, -0.2) is 40.5 Å². The Balaban J connectivity index is 2.76. The van der Waals surface area contributed by atoms with Gasteiger partial charge in [-0.2, -0.15) is 0 Å². The van der Waals surface area contributed by atoms with Crippen molar-refractivity contribution in [2.24, 2.45) is 0 Å². The predicted molar refractivity (Wildman–Crippen MR) is 56.5 cm³/mol. The van der Waals surface area contributed by atoms with Crippen molar-refractivity contribution in [2.45, 2.75) is 0 Å². The molecule has 0 radical (unpaired) electrons. The molecular weight excluding hydrogens is 264 g/mol. The molecule has 0 aliphatic carbocycles. The van der Waals surface area contributed by atoms with E-state index in [-0.39, 0.29) is 12.2 Å². The fourth-order valence-electron chi connectivity index (χ4n) is 0.973. The highest BCUT2D eigenvalue weighted by molar-refractivity contribution is 9.10. The number of carbonyl (C=O) groups excluding carboxylic acids is 1. The van der Waals surface area contributed by atoms with Gasteiger partial charge in [-0.05, 0) is 28.1 Å². The van der Waals surface area contributed by atoms with E-state index in [0.717, 1.165) is 9.37 Å². The lowest BCUT2D eigenvalue weighted by Gasteiger charge is -2.13. The Morgan fingerprint density at radius 2 is 2.20 bits per heavy atom. The molecule has 1 amide bonds. The summed E-state index contributed by atoms with van der Waals surface area (Å²) in [7, 11) is 1.42. The number of aliphatic carboxylic acids is 1. The molecule has 0 bridgehead atoms. The summed E-state index contributed by atoms with van der Waals surface area (Å²) in [5, 5.41) is 8.50. The number of pyridine rings is 1. The fraction of sp³-hybridized carbons (Fsp3) is 0.222. The molecule has 15 heavy (non-hydrogen) atoms. The van der Waals surface area contributed by atoms with E-state index < -0.39 is 11.9 Å². The summed E-state index contributed by atoms with van der Waals surface area (Å²) in [6, 6.07) is 3.21. The number of likely N-dealkylation sites (N-methyl/N-ethyl adjacent to an activating group) is 1. The lowest BCUT2D eigenvalue weighted by atomic mass is 10.3. The molecule has 0 fully saturated rings. The zero-order valence-electron chi connectivity index (χ0n) is 7.98. The number of amides is 1. The van der Waals surface area contributed by atoms with E-state index >= 15 is 0 Å². The summed E-state index contributed by atoms with van der Waals surface area (Å²) in [6.07, 6.45) is 1.49. The van der Waals surface area contributed by atoms with Gasteiger partial charge >= 0.3 is 5.97 Å². The van der Waals surface area contributed by atoms with E-state index in [1.54, 1.807) is 6.07 Å². The van der Waals surface area contributed by atoms with Crippen molar-refractivity contribution >= 4 is 27.8 Å². The first-order valence-corrected chi connectivity index (χ1v) is 4.89. The first-order valence-electron chi connectivity index (χ1n) is 4.09. The molecule has 0 atom stereocenters. The smallest absolute Gasteiger partial charge is 0.323 e. The second kappa shape index (κ2) is 4.88. The number of hydrogen-bond acceptors (Lipinski definition) is 3. The summed E-state index contributed by atoms with van der Waals surface area (Å²) in [5.74, 6) is -1.46. The maximum atomic E-state index is 11.6. The van der Waals surface area contributed by atoms with E-state index in [1.807, 2.05) is 0 Å². The summed E-state index contributed by atoms with van der Waals surface area (Å²) in [5.41, 5.74) is 0.224. The van der Waals surface area contributed by atoms with E-state index in [4.69, 9.17) is 5.11 Å². The minimum Gasteiger partial charge on any atom is -0.480 e. The highest BCUT2D eigenvalue weighted by Gasteiger charge is 2.14. The van der Waals surface area contributed by atoms with Crippen LogP contribution in [0.25, 0.3) is 0 Å². The van der Waals surface area contributed by atoms with Crippen molar-refractivity contribution in [1.82, 2.24) is 9.88 Å². The predicted octanol–water partition coefficient (Wildman–Crippen LogP) is 1.00. The first kappa shape index (κ1) is 11.6. The van der Waals surface area contributed by atoms with Gasteiger partial charge in [-0.25, -0.2) is 4.98 Å². The van der Waals surface area contributed by atoms with Gasteiger partial charge in [0.25, 0.3) is 5.91 Å². The van der Waals surface area contributed by atoms with Gasteiger partial charge in [0.15, 0.2) is 0 Å². The van der Waals surface area contributed by atoms with Gasteiger partial charge in [0, 0.05) is 17.7 Å². The monoisotopic (exact) mass is 272 g/mol. The quantitative estimate of drug-likeness (QED) is 0.891. The Kier molecular flexibility index (Phi) is 3.79. The Morgan fingerprint density at radius 1 is 1.53 bits per heavy atom. The molecule has 0 aliphatic rings. The summed E-state index contributed by atoms with van der Waals surface area (Å²) >= 11 is 3.19. The third kappa shape index (κ3) is 3.32. The topological polar surface area (TPSA) is 70.5 Å². The fourth-order valence-corrected chi connectivity index (χ4v) is 1.21. The average molecular weight is 273 g/mol. The van der Waals surface area contributed by atoms with Gasteiger partial charge < -0.3 is 10.0 Å². The molecule has 80 valence electrons. The number of nitrogens with zero attached hydrogens (tertiary/aromatic N) is 2. The largest absolute Gasteiger partial charge is 0.480 e. The Bertz CT molecular complexity index is 377. The minimum absolute atomic E-state index is 0.224. The number of rotatable bonds is 3. The number of carboxylic acids is 1. The molecule has 0 saturated heterocycles. The molecule has 1 rings (SSSR count). The normalized spacial score (nSPS) is 9.73. The SMILES string of the molecule is CN(CC(=O)O)C(=O)c1ccc(Br)cn1. The number of hydrogen-bond donors (Lipinski definition) is 1. The molecular formula is C9H9BrN2O3. The van der Waals surface area contributed by atoms with Gasteiger partial charge in [-0.15, -0.1) is 0 Å². The van der Waals surface area contributed by atoms with Gasteiger partial charge in [-0.1, -0.05) is 0 Å². The number of carboxylic acid groups (broad SMARTS) is 1. The Hall–Kier alpha value is -1.43. The van der Waals surface area contributed by atoms with Crippen molar-refractivity contribution in [3.05, 3.63) is 28.5 Å². The third-order valence-corrected chi connectivity index (χ3v) is 2.13. The van der Waals surface area contributed by atoms with Crippen LogP contribution in [0.4, 0.5) is 0 Å². The Morgan fingerprint density at radius 3 is 2.67 bits per heavy atom. The second-order valence-corrected chi connectivity index (χ2v) is 3.83. The molecule has 6 heteroatoms. The van der Waals surface area contributed by atoms with Crippen molar-refractivity contribution in [2.75, 3.05) is 13.6 Å². The summed E-state index contributed by atoms with van der Waals surface area (Å²) in [4.78, 5) is 26.9. The average Bonchev–Trinajstić information content (AvgIpc) is 2.17. The van der Waals surface area contributed by atoms with Crippen LogP contribution in [0.5, 0.6) is 0 Å². The van der Waals surface area contributed by atoms with Crippen LogP contribution in [0.1, 0.15) is 10.5 Å². The van der Waals surface area contributed by atoms with Crippen LogP contribution in [-0.2, 0) is 4.79 Å². The highest BCUT2D eigenvalue weighted by atomic mass is 79.9. The van der Waals surface area contributed by atoms with Crippen molar-refractivity contribution < 1.29 is 14.7 Å². The van der Waals surface area contributed by atoms with Crippen LogP contribution in [0, 0.1) is 0 Å². The molecule has 1 aromatic heterocycles. The van der Waals surface area contributed by atoms with E-state index in [1.165, 1.54) is 19.3 Å². The highest BCUT2D eigenvalue weighted by Crippen LogP contribution is 2.08. The number of carbonyl (C=O) groups is 2. The lowest BCUT2D eigenvalue weighted by molar-refractivity contribution is -0.137. The summed E-state index contributed by atoms with van der Waals surface area (Å²) < 4.78 is 0.764. The maximum Gasteiger partial charge on any atom is 0.323 e. The molecule has 0 aliphatic heterocycles. The molecule has 1 aromatic rings. The van der Waals surface area contributed by atoms with Crippen LogP contribution in [0.2, 0.25) is 0 Å². The standard InChI is InChI=1S/C9H9BrN2O3/c1-12(5-8(13)14)9(15)7-3-2-6(10)4-11-7/h2-4H,5H2,1H3,(H,13,14). The van der Waals surface area contributed by atoms with Crippen molar-refractivity contribution in [3.63, 3.8) is 0 Å². The molecule has 1 heterocycles. The molecule has 0 unspecified atom stereocenters. The van der Waals surface area contributed by atoms with Crippen LogP contribution in [0.3, 0.4) is 0 Å². The summed E-state index contributed by atoms with van der Waals surface area (Å²) in [6.45, 7) is -0.337. The lowest BCUT2D eigenvalue weighted by Crippen LogP contribution is -2.32. The van der Waals surface area contributed by atoms with Crippen molar-refractivity contribution in [3.8, 4) is 0 Å². The molecule has 0 saturated carbocycles. The zero-order valence-corrected chi connectivity index (χ0v) is 9.56. The number of aromatic nitrogens is 1. The van der Waals surface area contributed by atoms with Gasteiger partial charge in [-0.3, -0.25) is 9.59 Å². The van der Waals surface area contributed by atoms with Crippen LogP contribution in [0.15, 0.2) is 22.8 Å². The minimum atomic E-state index is -1.05. The van der Waals surface area contributed by atoms with Gasteiger partial charge in [0.2, 0.25) is 0 Å². The molecule has 1 N–H and O–H groups in total. The van der Waals surface area contributed by atoms with Crippen LogP contribution >= 0.6 is 15.9 Å². The molecule has 0 spiro atoms. The Labute approximate surface area is 94.9 Å².